The van der Waals surface area contributed by atoms with Crippen LogP contribution in [0.25, 0.3) is 10.9 Å². The second-order valence-electron chi connectivity index (χ2n) is 5.59. The number of aryl methyl sites for hydroxylation is 1. The molecule has 24 heavy (non-hydrogen) atoms. The second-order valence-corrected chi connectivity index (χ2v) is 5.59. The number of hydrogen-bond donors (Lipinski definition) is 1. The molecule has 3 aromatic rings. The van der Waals surface area contributed by atoms with Crippen molar-refractivity contribution in [3.63, 3.8) is 0 Å². The van der Waals surface area contributed by atoms with Gasteiger partial charge in [0.1, 0.15) is 18.1 Å². The van der Waals surface area contributed by atoms with Crippen molar-refractivity contribution in [1.82, 2.24) is 4.57 Å². The first-order chi connectivity index (χ1) is 11.6. The monoisotopic (exact) mass is 324 g/mol. The van der Waals surface area contributed by atoms with Gasteiger partial charge in [0.05, 0.1) is 19.2 Å². The van der Waals surface area contributed by atoms with Crippen LogP contribution >= 0.6 is 0 Å². The molecule has 0 bridgehead atoms. The van der Waals surface area contributed by atoms with Crippen LogP contribution < -0.4 is 20.8 Å². The maximum Gasteiger partial charge on any atom is 0.251 e. The zero-order chi connectivity index (χ0) is 17.1. The summed E-state index contributed by atoms with van der Waals surface area (Å²) >= 11 is 0. The van der Waals surface area contributed by atoms with Gasteiger partial charge in [-0.25, -0.2) is 0 Å². The number of methoxy groups -OCH3 is 1. The number of benzene rings is 2. The Bertz CT molecular complexity index is 932. The average Bonchev–Trinajstić information content (AvgIpc) is 2.59. The summed E-state index contributed by atoms with van der Waals surface area (Å²) in [6, 6.07) is 14.6. The summed E-state index contributed by atoms with van der Waals surface area (Å²) in [6.45, 7) is 2.74. The smallest absolute Gasteiger partial charge is 0.251 e. The van der Waals surface area contributed by atoms with E-state index in [2.05, 4.69) is 0 Å². The van der Waals surface area contributed by atoms with E-state index in [-0.39, 0.29) is 5.56 Å². The van der Waals surface area contributed by atoms with Gasteiger partial charge in [-0.1, -0.05) is 12.1 Å². The predicted octanol–water partition coefficient (Wildman–Crippen LogP) is 2.98. The maximum atomic E-state index is 12.3. The molecular formula is C19H20N2O3. The molecule has 2 N–H and O–H groups in total. The van der Waals surface area contributed by atoms with Gasteiger partial charge in [0, 0.05) is 17.1 Å². The molecule has 5 heteroatoms. The van der Waals surface area contributed by atoms with Gasteiger partial charge in [-0.05, 0) is 42.8 Å². The van der Waals surface area contributed by atoms with Crippen molar-refractivity contribution in [2.45, 2.75) is 13.5 Å². The summed E-state index contributed by atoms with van der Waals surface area (Å²) in [7, 11) is 1.60. The fourth-order valence-corrected chi connectivity index (χ4v) is 2.70. The number of para-hydroxylation sites is 1. The largest absolute Gasteiger partial charge is 0.495 e. The van der Waals surface area contributed by atoms with Gasteiger partial charge < -0.3 is 19.8 Å². The highest BCUT2D eigenvalue weighted by molar-refractivity contribution is 5.84. The molecule has 0 aliphatic rings. The van der Waals surface area contributed by atoms with Gasteiger partial charge in [0.25, 0.3) is 5.56 Å². The highest BCUT2D eigenvalue weighted by Crippen LogP contribution is 2.24. The van der Waals surface area contributed by atoms with E-state index in [1.54, 1.807) is 23.8 Å². The Labute approximate surface area is 140 Å². The molecule has 0 aliphatic carbocycles. The number of rotatable bonds is 5. The molecule has 3 rings (SSSR count). The number of ether oxygens (including phenoxy) is 2. The molecule has 0 fully saturated rings. The van der Waals surface area contributed by atoms with Crippen molar-refractivity contribution >= 4 is 16.6 Å². The molecule has 0 radical (unpaired) electrons. The first-order valence-electron chi connectivity index (χ1n) is 7.75. The van der Waals surface area contributed by atoms with Crippen LogP contribution in [0.4, 0.5) is 5.69 Å². The zero-order valence-electron chi connectivity index (χ0n) is 13.8. The summed E-state index contributed by atoms with van der Waals surface area (Å²) in [6.07, 6.45) is 0. The van der Waals surface area contributed by atoms with Gasteiger partial charge in [-0.3, -0.25) is 4.79 Å². The van der Waals surface area contributed by atoms with Gasteiger partial charge in [-0.2, -0.15) is 0 Å². The van der Waals surface area contributed by atoms with Crippen LogP contribution in [0.15, 0.2) is 53.3 Å². The summed E-state index contributed by atoms with van der Waals surface area (Å²) in [4.78, 5) is 12.3. The molecule has 0 unspecified atom stereocenters. The number of anilines is 1. The third kappa shape index (κ3) is 3.06. The minimum absolute atomic E-state index is 0.0795. The summed E-state index contributed by atoms with van der Waals surface area (Å²) in [5.41, 5.74) is 8.21. The fraction of sp³-hybridized carbons (Fsp3) is 0.211. The molecule has 0 saturated heterocycles. The van der Waals surface area contributed by atoms with Gasteiger partial charge in [0.15, 0.2) is 0 Å². The van der Waals surface area contributed by atoms with Gasteiger partial charge in [-0.15, -0.1) is 0 Å². The Balaban J connectivity index is 1.86. The van der Waals surface area contributed by atoms with Gasteiger partial charge >= 0.3 is 0 Å². The lowest BCUT2D eigenvalue weighted by Crippen LogP contribution is -2.23. The number of nitrogens with two attached hydrogens (primary N) is 1. The minimum Gasteiger partial charge on any atom is -0.495 e. The van der Waals surface area contributed by atoms with Gasteiger partial charge in [0.2, 0.25) is 0 Å². The quantitative estimate of drug-likeness (QED) is 0.733. The maximum absolute atomic E-state index is 12.3. The first-order valence-corrected chi connectivity index (χ1v) is 7.75. The van der Waals surface area contributed by atoms with Crippen molar-refractivity contribution < 1.29 is 9.47 Å². The summed E-state index contributed by atoms with van der Waals surface area (Å²) in [5.74, 6) is 1.41. The highest BCUT2D eigenvalue weighted by atomic mass is 16.5. The van der Waals surface area contributed by atoms with E-state index in [1.165, 1.54) is 0 Å². The third-order valence-electron chi connectivity index (χ3n) is 4.02. The Morgan fingerprint density at radius 3 is 2.71 bits per heavy atom. The Hall–Kier alpha value is -2.95. The molecule has 0 amide bonds. The second kappa shape index (κ2) is 6.66. The molecule has 1 aromatic heterocycles. The lowest BCUT2D eigenvalue weighted by Gasteiger charge is -2.14. The van der Waals surface area contributed by atoms with E-state index in [1.807, 2.05) is 43.3 Å². The van der Waals surface area contributed by atoms with Crippen LogP contribution in [0, 0.1) is 6.92 Å². The SMILES string of the molecule is COc1cccc2ccc(=O)n(CCOc3ccc(N)c(C)c3)c12. The molecule has 1 heterocycles. The molecular weight excluding hydrogens is 304 g/mol. The molecule has 0 saturated carbocycles. The summed E-state index contributed by atoms with van der Waals surface area (Å²) < 4.78 is 12.8. The lowest BCUT2D eigenvalue weighted by molar-refractivity contribution is 0.298. The van der Waals surface area contributed by atoms with Crippen molar-refractivity contribution in [1.29, 1.82) is 0 Å². The zero-order valence-corrected chi connectivity index (χ0v) is 13.8. The normalized spacial score (nSPS) is 10.8. The molecule has 0 atom stereocenters. The number of aromatic nitrogens is 1. The first kappa shape index (κ1) is 15.9. The van der Waals surface area contributed by atoms with Crippen molar-refractivity contribution in [2.24, 2.45) is 0 Å². The molecule has 5 nitrogen and oxygen atoms in total. The van der Waals surface area contributed by atoms with Crippen LogP contribution in [-0.2, 0) is 6.54 Å². The van der Waals surface area contributed by atoms with Crippen molar-refractivity contribution in [3.8, 4) is 11.5 Å². The van der Waals surface area contributed by atoms with E-state index in [4.69, 9.17) is 15.2 Å². The number of fused-ring (bicyclic) bond motifs is 1. The Morgan fingerprint density at radius 1 is 1.12 bits per heavy atom. The number of pyridine rings is 1. The predicted molar refractivity (Wildman–Crippen MR) is 95.8 cm³/mol. The standard InChI is InChI=1S/C19H20N2O3/c1-13-12-15(7-8-16(13)20)24-11-10-21-18(22)9-6-14-4-3-5-17(23-2)19(14)21/h3-9,12H,10-11,20H2,1-2H3. The topological polar surface area (TPSA) is 66.5 Å². The van der Waals surface area contributed by atoms with Crippen LogP contribution in [0.2, 0.25) is 0 Å². The van der Waals surface area contributed by atoms with Crippen LogP contribution in [-0.4, -0.2) is 18.3 Å². The number of nitrogens with zero attached hydrogens (tertiary/aromatic N) is 1. The average molecular weight is 324 g/mol. The van der Waals surface area contributed by atoms with E-state index in [0.29, 0.717) is 18.9 Å². The highest BCUT2D eigenvalue weighted by Gasteiger charge is 2.08. The van der Waals surface area contributed by atoms with Crippen LogP contribution in [0.5, 0.6) is 11.5 Å². The van der Waals surface area contributed by atoms with E-state index in [9.17, 15) is 4.79 Å². The third-order valence-corrected chi connectivity index (χ3v) is 4.02. The molecule has 0 aliphatic heterocycles. The molecule has 2 aromatic carbocycles. The van der Waals surface area contributed by atoms with Crippen LogP contribution in [0.1, 0.15) is 5.56 Å². The Morgan fingerprint density at radius 2 is 1.96 bits per heavy atom. The van der Waals surface area contributed by atoms with E-state index >= 15 is 0 Å². The lowest BCUT2D eigenvalue weighted by atomic mass is 10.2. The van der Waals surface area contributed by atoms with Crippen molar-refractivity contribution in [3.05, 3.63) is 64.4 Å². The fourth-order valence-electron chi connectivity index (χ4n) is 2.70. The van der Waals surface area contributed by atoms with E-state index in [0.717, 1.165) is 27.9 Å². The molecule has 0 spiro atoms. The minimum atomic E-state index is -0.0795. The molecule has 124 valence electrons. The number of nitrogen functional groups attached to an aromatic ring is 1. The Kier molecular flexibility index (Phi) is 4.42. The van der Waals surface area contributed by atoms with Crippen molar-refractivity contribution in [2.75, 3.05) is 19.5 Å². The number of hydrogen-bond acceptors (Lipinski definition) is 4. The summed E-state index contributed by atoms with van der Waals surface area (Å²) in [5, 5.41) is 0.956. The van der Waals surface area contributed by atoms with E-state index < -0.39 is 0 Å². The van der Waals surface area contributed by atoms with Crippen LogP contribution in [0.3, 0.4) is 0 Å².